The van der Waals surface area contributed by atoms with E-state index in [2.05, 4.69) is 10.3 Å². The third-order valence-corrected chi connectivity index (χ3v) is 4.83. The fourth-order valence-electron chi connectivity index (χ4n) is 2.53. The van der Waals surface area contributed by atoms with Crippen LogP contribution in [-0.4, -0.2) is 30.0 Å². The summed E-state index contributed by atoms with van der Waals surface area (Å²) in [4.78, 5) is 26.9. The Balaban J connectivity index is 1.67. The van der Waals surface area contributed by atoms with E-state index in [1.54, 1.807) is 20.3 Å². The van der Waals surface area contributed by atoms with Crippen molar-refractivity contribution in [3.05, 3.63) is 63.7 Å². The number of ether oxygens (including phenoxy) is 2. The van der Waals surface area contributed by atoms with Gasteiger partial charge in [-0.15, -0.1) is 11.3 Å². The molecule has 9 heteroatoms. The highest BCUT2D eigenvalue weighted by molar-refractivity contribution is 7.13. The second-order valence-electron chi connectivity index (χ2n) is 5.74. The zero-order valence-corrected chi connectivity index (χ0v) is 16.0. The van der Waals surface area contributed by atoms with Crippen molar-refractivity contribution in [3.8, 4) is 22.1 Å². The van der Waals surface area contributed by atoms with E-state index in [0.717, 1.165) is 10.6 Å². The normalized spacial score (nSPS) is 10.4. The minimum atomic E-state index is -0.490. The van der Waals surface area contributed by atoms with E-state index in [0.29, 0.717) is 22.9 Å². The van der Waals surface area contributed by atoms with Crippen molar-refractivity contribution in [1.29, 1.82) is 0 Å². The summed E-state index contributed by atoms with van der Waals surface area (Å²) in [5, 5.41) is 16.0. The Bertz CT molecular complexity index is 1000. The summed E-state index contributed by atoms with van der Waals surface area (Å²) in [6.07, 6.45) is 0.0980. The summed E-state index contributed by atoms with van der Waals surface area (Å²) in [5.74, 6) is 0.983. The molecule has 0 bridgehead atoms. The van der Waals surface area contributed by atoms with Crippen LogP contribution in [-0.2, 0) is 11.2 Å². The molecule has 0 saturated carbocycles. The van der Waals surface area contributed by atoms with Crippen LogP contribution in [0.2, 0.25) is 0 Å². The van der Waals surface area contributed by atoms with E-state index >= 15 is 0 Å². The van der Waals surface area contributed by atoms with E-state index in [1.165, 1.54) is 35.6 Å². The summed E-state index contributed by atoms with van der Waals surface area (Å²) in [6.45, 7) is 0. The number of methoxy groups -OCH3 is 2. The first kappa shape index (κ1) is 19.3. The van der Waals surface area contributed by atoms with Crippen LogP contribution in [0.1, 0.15) is 5.69 Å². The Morgan fingerprint density at radius 2 is 1.86 bits per heavy atom. The van der Waals surface area contributed by atoms with E-state index in [-0.39, 0.29) is 18.0 Å². The number of nitro groups is 1. The highest BCUT2D eigenvalue weighted by atomic mass is 32.1. The first-order valence-electron chi connectivity index (χ1n) is 8.21. The Morgan fingerprint density at radius 3 is 2.50 bits per heavy atom. The van der Waals surface area contributed by atoms with Crippen molar-refractivity contribution in [2.45, 2.75) is 6.42 Å². The Kier molecular flexibility index (Phi) is 5.85. The minimum absolute atomic E-state index is 0.0305. The summed E-state index contributed by atoms with van der Waals surface area (Å²) >= 11 is 1.43. The fourth-order valence-corrected chi connectivity index (χ4v) is 3.34. The monoisotopic (exact) mass is 399 g/mol. The molecule has 2 aromatic carbocycles. The number of aromatic nitrogens is 1. The molecule has 1 N–H and O–H groups in total. The minimum Gasteiger partial charge on any atom is -0.493 e. The highest BCUT2D eigenvalue weighted by Gasteiger charge is 2.12. The number of nitro benzene ring substituents is 1. The van der Waals surface area contributed by atoms with Crippen molar-refractivity contribution >= 4 is 28.6 Å². The van der Waals surface area contributed by atoms with Crippen LogP contribution >= 0.6 is 11.3 Å². The van der Waals surface area contributed by atoms with E-state index < -0.39 is 4.92 Å². The van der Waals surface area contributed by atoms with Gasteiger partial charge in [0, 0.05) is 28.8 Å². The molecule has 0 atom stereocenters. The van der Waals surface area contributed by atoms with Crippen molar-refractivity contribution in [3.63, 3.8) is 0 Å². The second-order valence-corrected chi connectivity index (χ2v) is 6.60. The zero-order chi connectivity index (χ0) is 20.1. The molecule has 144 valence electrons. The molecule has 3 rings (SSSR count). The number of amides is 1. The van der Waals surface area contributed by atoms with Crippen molar-refractivity contribution in [2.75, 3.05) is 19.5 Å². The predicted molar refractivity (Wildman–Crippen MR) is 106 cm³/mol. The molecule has 1 heterocycles. The molecule has 1 amide bonds. The number of carbonyl (C=O) groups is 1. The Labute approximate surface area is 164 Å². The lowest BCUT2D eigenvalue weighted by molar-refractivity contribution is -0.384. The van der Waals surface area contributed by atoms with E-state index in [9.17, 15) is 14.9 Å². The van der Waals surface area contributed by atoms with Crippen LogP contribution in [0.5, 0.6) is 11.5 Å². The van der Waals surface area contributed by atoms with Gasteiger partial charge in [0.2, 0.25) is 5.91 Å². The van der Waals surface area contributed by atoms with Gasteiger partial charge in [-0.25, -0.2) is 4.98 Å². The summed E-state index contributed by atoms with van der Waals surface area (Å²) < 4.78 is 10.5. The number of anilines is 1. The lowest BCUT2D eigenvalue weighted by atomic mass is 10.2. The molecular formula is C19H17N3O5S. The largest absolute Gasteiger partial charge is 0.493 e. The molecule has 0 aliphatic heterocycles. The van der Waals surface area contributed by atoms with Crippen molar-refractivity contribution in [1.82, 2.24) is 4.98 Å². The third kappa shape index (κ3) is 4.44. The average Bonchev–Trinajstić information content (AvgIpc) is 3.16. The number of hydrogen-bond donors (Lipinski definition) is 1. The van der Waals surface area contributed by atoms with E-state index in [4.69, 9.17) is 9.47 Å². The molecule has 0 fully saturated rings. The Morgan fingerprint density at radius 1 is 1.14 bits per heavy atom. The van der Waals surface area contributed by atoms with Gasteiger partial charge < -0.3 is 14.8 Å². The smallest absolute Gasteiger partial charge is 0.269 e. The zero-order valence-electron chi connectivity index (χ0n) is 15.2. The topological polar surface area (TPSA) is 104 Å². The SMILES string of the molecule is COc1ccc(-c2nc(CC(=O)Nc3ccc([N+](=O)[O-])cc3)cs2)cc1OC. The molecular weight excluding hydrogens is 382 g/mol. The Hall–Kier alpha value is -3.46. The molecule has 0 aliphatic carbocycles. The lowest BCUT2D eigenvalue weighted by Gasteiger charge is -2.08. The molecule has 0 radical (unpaired) electrons. The number of thiazole rings is 1. The summed E-state index contributed by atoms with van der Waals surface area (Å²) in [5.41, 5.74) is 1.96. The van der Waals surface area contributed by atoms with Crippen LogP contribution in [0.4, 0.5) is 11.4 Å². The van der Waals surface area contributed by atoms with Gasteiger partial charge in [0.1, 0.15) is 5.01 Å². The molecule has 0 unspecified atom stereocenters. The first-order chi connectivity index (χ1) is 13.5. The molecule has 8 nitrogen and oxygen atoms in total. The summed E-state index contributed by atoms with van der Waals surface area (Å²) in [7, 11) is 3.14. The maximum Gasteiger partial charge on any atom is 0.269 e. The number of non-ortho nitro benzene ring substituents is 1. The number of carbonyl (C=O) groups excluding carboxylic acids is 1. The first-order valence-corrected chi connectivity index (χ1v) is 9.09. The van der Waals surface area contributed by atoms with Gasteiger partial charge in [0.15, 0.2) is 11.5 Å². The maximum atomic E-state index is 12.2. The van der Waals surface area contributed by atoms with Crippen molar-refractivity contribution in [2.24, 2.45) is 0 Å². The molecule has 0 spiro atoms. The van der Waals surface area contributed by atoms with Crippen molar-refractivity contribution < 1.29 is 19.2 Å². The van der Waals surface area contributed by atoms with Crippen LogP contribution in [0, 0.1) is 10.1 Å². The number of rotatable bonds is 7. The molecule has 3 aromatic rings. The molecule has 1 aromatic heterocycles. The number of nitrogens with zero attached hydrogens (tertiary/aromatic N) is 2. The highest BCUT2D eigenvalue weighted by Crippen LogP contribution is 2.33. The number of hydrogen-bond acceptors (Lipinski definition) is 7. The summed E-state index contributed by atoms with van der Waals surface area (Å²) in [6, 6.07) is 11.2. The lowest BCUT2D eigenvalue weighted by Crippen LogP contribution is -2.14. The van der Waals surface area contributed by atoms with Gasteiger partial charge in [-0.2, -0.15) is 0 Å². The van der Waals surface area contributed by atoms with Crippen LogP contribution < -0.4 is 14.8 Å². The van der Waals surface area contributed by atoms with Gasteiger partial charge in [0.05, 0.1) is 31.3 Å². The molecule has 0 aliphatic rings. The maximum absolute atomic E-state index is 12.2. The van der Waals surface area contributed by atoms with Gasteiger partial charge in [-0.05, 0) is 30.3 Å². The van der Waals surface area contributed by atoms with Gasteiger partial charge >= 0.3 is 0 Å². The number of benzene rings is 2. The third-order valence-electron chi connectivity index (χ3n) is 3.89. The van der Waals surface area contributed by atoms with Crippen LogP contribution in [0.15, 0.2) is 47.8 Å². The average molecular weight is 399 g/mol. The fraction of sp³-hybridized carbons (Fsp3) is 0.158. The quantitative estimate of drug-likeness (QED) is 0.477. The molecule has 0 saturated heterocycles. The van der Waals surface area contributed by atoms with Gasteiger partial charge in [-0.3, -0.25) is 14.9 Å². The molecule has 28 heavy (non-hydrogen) atoms. The second kappa shape index (κ2) is 8.49. The predicted octanol–water partition coefficient (Wildman–Crippen LogP) is 3.92. The van der Waals surface area contributed by atoms with Crippen LogP contribution in [0.25, 0.3) is 10.6 Å². The standard InChI is InChI=1S/C19H17N3O5S/c1-26-16-8-3-12(9-17(16)27-2)19-21-14(11-28-19)10-18(23)20-13-4-6-15(7-5-13)22(24)25/h3-9,11H,10H2,1-2H3,(H,20,23). The van der Waals surface area contributed by atoms with Crippen LogP contribution in [0.3, 0.4) is 0 Å². The van der Waals surface area contributed by atoms with E-state index in [1.807, 2.05) is 17.5 Å². The number of nitrogens with one attached hydrogen (secondary N) is 1. The van der Waals surface area contributed by atoms with Gasteiger partial charge in [0.25, 0.3) is 5.69 Å². The van der Waals surface area contributed by atoms with Gasteiger partial charge in [-0.1, -0.05) is 0 Å².